The second-order valence-corrected chi connectivity index (χ2v) is 6.13. The summed E-state index contributed by atoms with van der Waals surface area (Å²) in [6, 6.07) is 6.05. The molecule has 0 amide bonds. The molecule has 0 atom stereocenters. The quantitative estimate of drug-likeness (QED) is 0.414. The van der Waals surface area contributed by atoms with Gasteiger partial charge in [-0.1, -0.05) is 26.3 Å². The van der Waals surface area contributed by atoms with Gasteiger partial charge in [-0.3, -0.25) is 10.4 Å². The van der Waals surface area contributed by atoms with E-state index >= 15 is 0 Å². The molecule has 0 saturated carbocycles. The highest BCUT2D eigenvalue weighted by Crippen LogP contribution is 2.22. The van der Waals surface area contributed by atoms with Crippen molar-refractivity contribution in [3.05, 3.63) is 30.1 Å². The maximum absolute atomic E-state index is 7.54. The molecule has 0 spiro atoms. The highest BCUT2D eigenvalue weighted by atomic mass is 15.1. The van der Waals surface area contributed by atoms with E-state index in [0.29, 0.717) is 5.84 Å². The standard InChI is InChI=1S/C16H28N4/c1-16(2,15(17)18)10-5-7-12-20(3)13-9-14-8-4-6-11-19-14/h4,6,8,11H,5,7,9-10,12-13H2,1-3H3,(H3,17,18). The number of nitrogens with zero attached hydrogens (tertiary/aromatic N) is 2. The summed E-state index contributed by atoms with van der Waals surface area (Å²) in [4.78, 5) is 6.68. The first-order valence-corrected chi connectivity index (χ1v) is 7.35. The van der Waals surface area contributed by atoms with Gasteiger partial charge in [-0.25, -0.2) is 0 Å². The van der Waals surface area contributed by atoms with Crippen LogP contribution < -0.4 is 5.73 Å². The maximum atomic E-state index is 7.54. The Morgan fingerprint density at radius 2 is 2.05 bits per heavy atom. The zero-order valence-corrected chi connectivity index (χ0v) is 13.0. The summed E-state index contributed by atoms with van der Waals surface area (Å²) in [5, 5.41) is 7.54. The van der Waals surface area contributed by atoms with Gasteiger partial charge in [0.15, 0.2) is 0 Å². The first-order chi connectivity index (χ1) is 9.42. The minimum Gasteiger partial charge on any atom is -0.387 e. The fourth-order valence-corrected chi connectivity index (χ4v) is 2.05. The van der Waals surface area contributed by atoms with Gasteiger partial charge in [0.25, 0.3) is 0 Å². The minimum atomic E-state index is -0.160. The molecule has 1 heterocycles. The third kappa shape index (κ3) is 6.15. The average Bonchev–Trinajstić information content (AvgIpc) is 2.42. The van der Waals surface area contributed by atoms with Gasteiger partial charge in [0.2, 0.25) is 0 Å². The number of amidine groups is 1. The SMILES string of the molecule is CN(CCCCC(C)(C)C(=N)N)CCc1ccccn1. The van der Waals surface area contributed by atoms with Gasteiger partial charge in [-0.2, -0.15) is 0 Å². The van der Waals surface area contributed by atoms with Crippen LogP contribution in [0.25, 0.3) is 0 Å². The van der Waals surface area contributed by atoms with E-state index in [9.17, 15) is 0 Å². The van der Waals surface area contributed by atoms with E-state index in [-0.39, 0.29) is 5.41 Å². The van der Waals surface area contributed by atoms with Crippen molar-refractivity contribution in [2.45, 2.75) is 39.5 Å². The van der Waals surface area contributed by atoms with Crippen LogP contribution in [0, 0.1) is 10.8 Å². The molecule has 0 aliphatic heterocycles. The molecular formula is C16H28N4. The van der Waals surface area contributed by atoms with Crippen LogP contribution in [0.5, 0.6) is 0 Å². The third-order valence-electron chi connectivity index (χ3n) is 3.80. The molecule has 0 saturated heterocycles. The molecule has 0 fully saturated rings. The van der Waals surface area contributed by atoms with Crippen LogP contribution in [0.3, 0.4) is 0 Å². The molecule has 0 bridgehead atoms. The summed E-state index contributed by atoms with van der Waals surface area (Å²) in [7, 11) is 2.15. The predicted molar refractivity (Wildman–Crippen MR) is 85.0 cm³/mol. The normalized spacial score (nSPS) is 11.8. The van der Waals surface area contributed by atoms with Crippen molar-refractivity contribution >= 4 is 5.84 Å². The summed E-state index contributed by atoms with van der Waals surface area (Å²) in [6.07, 6.45) is 6.09. The molecular weight excluding hydrogens is 248 g/mol. The smallest absolute Gasteiger partial charge is 0.0963 e. The molecule has 1 aromatic rings. The van der Waals surface area contributed by atoms with Gasteiger partial charge >= 0.3 is 0 Å². The summed E-state index contributed by atoms with van der Waals surface area (Å²) >= 11 is 0. The first kappa shape index (κ1) is 16.6. The van der Waals surface area contributed by atoms with E-state index in [1.807, 2.05) is 32.2 Å². The van der Waals surface area contributed by atoms with Crippen molar-refractivity contribution in [2.75, 3.05) is 20.1 Å². The largest absolute Gasteiger partial charge is 0.387 e. The molecule has 0 radical (unpaired) electrons. The lowest BCUT2D eigenvalue weighted by molar-refractivity contribution is 0.318. The minimum absolute atomic E-state index is 0.160. The Kier molecular flexibility index (Phi) is 6.65. The van der Waals surface area contributed by atoms with Crippen LogP contribution >= 0.6 is 0 Å². The van der Waals surface area contributed by atoms with Crippen LogP contribution in [0.1, 0.15) is 38.8 Å². The van der Waals surface area contributed by atoms with Gasteiger partial charge < -0.3 is 10.6 Å². The zero-order valence-electron chi connectivity index (χ0n) is 13.0. The second kappa shape index (κ2) is 8.00. The van der Waals surface area contributed by atoms with E-state index in [4.69, 9.17) is 11.1 Å². The summed E-state index contributed by atoms with van der Waals surface area (Å²) < 4.78 is 0. The molecule has 0 aromatic carbocycles. The van der Waals surface area contributed by atoms with E-state index < -0.39 is 0 Å². The molecule has 3 N–H and O–H groups in total. The highest BCUT2D eigenvalue weighted by molar-refractivity contribution is 5.82. The lowest BCUT2D eigenvalue weighted by Crippen LogP contribution is -2.31. The van der Waals surface area contributed by atoms with E-state index in [0.717, 1.165) is 44.5 Å². The number of rotatable bonds is 9. The Labute approximate surface area is 122 Å². The summed E-state index contributed by atoms with van der Waals surface area (Å²) in [6.45, 7) is 6.20. The van der Waals surface area contributed by atoms with E-state index in [1.54, 1.807) is 0 Å². The Morgan fingerprint density at radius 3 is 2.65 bits per heavy atom. The number of unbranched alkanes of at least 4 members (excludes halogenated alkanes) is 1. The second-order valence-electron chi connectivity index (χ2n) is 6.13. The summed E-state index contributed by atoms with van der Waals surface area (Å²) in [5.74, 6) is 0.293. The van der Waals surface area contributed by atoms with Gasteiger partial charge in [-0.05, 0) is 38.6 Å². The van der Waals surface area contributed by atoms with Gasteiger partial charge in [0.05, 0.1) is 5.84 Å². The zero-order chi connectivity index (χ0) is 15.0. The first-order valence-electron chi connectivity index (χ1n) is 7.35. The highest BCUT2D eigenvalue weighted by Gasteiger charge is 2.20. The van der Waals surface area contributed by atoms with Crippen LogP contribution in [0.4, 0.5) is 0 Å². The van der Waals surface area contributed by atoms with Crippen LogP contribution in [0.2, 0.25) is 0 Å². The molecule has 1 aromatic heterocycles. The predicted octanol–water partition coefficient (Wildman–Crippen LogP) is 2.69. The molecule has 0 aliphatic rings. The monoisotopic (exact) mass is 276 g/mol. The number of nitrogens with two attached hydrogens (primary N) is 1. The van der Waals surface area contributed by atoms with Crippen molar-refractivity contribution in [1.29, 1.82) is 5.41 Å². The number of nitrogens with one attached hydrogen (secondary N) is 1. The number of likely N-dealkylation sites (N-methyl/N-ethyl adjacent to an activating group) is 1. The Hall–Kier alpha value is -1.42. The molecule has 1 rings (SSSR count). The van der Waals surface area contributed by atoms with Crippen LogP contribution in [-0.2, 0) is 6.42 Å². The molecule has 0 unspecified atom stereocenters. The number of aromatic nitrogens is 1. The molecule has 0 aliphatic carbocycles. The Morgan fingerprint density at radius 1 is 1.30 bits per heavy atom. The molecule has 112 valence electrons. The number of hydrogen-bond donors (Lipinski definition) is 2. The van der Waals surface area contributed by atoms with Crippen molar-refractivity contribution in [3.63, 3.8) is 0 Å². The van der Waals surface area contributed by atoms with Crippen LogP contribution in [0.15, 0.2) is 24.4 Å². The molecule has 4 heteroatoms. The fraction of sp³-hybridized carbons (Fsp3) is 0.625. The van der Waals surface area contributed by atoms with E-state index in [2.05, 4.69) is 23.0 Å². The Balaban J connectivity index is 2.15. The average molecular weight is 276 g/mol. The van der Waals surface area contributed by atoms with E-state index in [1.165, 1.54) is 0 Å². The lowest BCUT2D eigenvalue weighted by atomic mass is 9.86. The molecule has 20 heavy (non-hydrogen) atoms. The van der Waals surface area contributed by atoms with Crippen molar-refractivity contribution in [1.82, 2.24) is 9.88 Å². The molecule has 4 nitrogen and oxygen atoms in total. The van der Waals surface area contributed by atoms with Gasteiger partial charge in [-0.15, -0.1) is 0 Å². The lowest BCUT2D eigenvalue weighted by Gasteiger charge is -2.23. The number of pyridine rings is 1. The van der Waals surface area contributed by atoms with Crippen molar-refractivity contribution in [2.24, 2.45) is 11.1 Å². The van der Waals surface area contributed by atoms with Gasteiger partial charge in [0.1, 0.15) is 0 Å². The topological polar surface area (TPSA) is 66.0 Å². The number of hydrogen-bond acceptors (Lipinski definition) is 3. The van der Waals surface area contributed by atoms with Gasteiger partial charge in [0, 0.05) is 30.3 Å². The van der Waals surface area contributed by atoms with Crippen molar-refractivity contribution in [3.8, 4) is 0 Å². The van der Waals surface area contributed by atoms with Crippen molar-refractivity contribution < 1.29 is 0 Å². The Bertz CT molecular complexity index is 400. The maximum Gasteiger partial charge on any atom is 0.0963 e. The summed E-state index contributed by atoms with van der Waals surface area (Å²) in [5.41, 5.74) is 6.58. The van der Waals surface area contributed by atoms with Crippen LogP contribution in [-0.4, -0.2) is 35.9 Å². The fourth-order valence-electron chi connectivity index (χ4n) is 2.05. The third-order valence-corrected chi connectivity index (χ3v) is 3.80.